The third-order valence-corrected chi connectivity index (χ3v) is 2.82. The standard InChI is InChI=1S/C15H11NO3.ClH/c16-13-5-6-14(12-4-2-1-3-11(12)13)19-10-7-8-18-15(17)9-10;/h1-9H,16H2;1H. The van der Waals surface area contributed by atoms with Gasteiger partial charge in [-0.15, -0.1) is 12.4 Å². The number of fused-ring (bicyclic) bond motifs is 1. The summed E-state index contributed by atoms with van der Waals surface area (Å²) in [5.41, 5.74) is 6.17. The fraction of sp³-hybridized carbons (Fsp3) is 0. The molecule has 3 rings (SSSR count). The Morgan fingerprint density at radius 3 is 2.50 bits per heavy atom. The van der Waals surface area contributed by atoms with E-state index in [1.54, 1.807) is 18.2 Å². The van der Waals surface area contributed by atoms with Gasteiger partial charge in [-0.1, -0.05) is 24.3 Å². The van der Waals surface area contributed by atoms with Gasteiger partial charge in [0.2, 0.25) is 0 Å². The monoisotopic (exact) mass is 289 g/mol. The molecule has 3 aromatic rings. The molecule has 2 N–H and O–H groups in total. The Hall–Kier alpha value is -2.46. The number of anilines is 1. The third-order valence-electron chi connectivity index (χ3n) is 2.82. The summed E-state index contributed by atoms with van der Waals surface area (Å²) < 4.78 is 10.4. The number of halogens is 1. The first-order chi connectivity index (χ1) is 9.24. The molecule has 0 aliphatic carbocycles. The summed E-state index contributed by atoms with van der Waals surface area (Å²) in [7, 11) is 0. The van der Waals surface area contributed by atoms with Gasteiger partial charge in [0, 0.05) is 22.5 Å². The zero-order valence-corrected chi connectivity index (χ0v) is 11.2. The third kappa shape index (κ3) is 2.60. The van der Waals surface area contributed by atoms with Gasteiger partial charge in [-0.2, -0.15) is 0 Å². The van der Waals surface area contributed by atoms with Crippen molar-refractivity contribution in [3.05, 3.63) is 65.2 Å². The molecule has 4 nitrogen and oxygen atoms in total. The van der Waals surface area contributed by atoms with E-state index >= 15 is 0 Å². The minimum Gasteiger partial charge on any atom is -0.456 e. The summed E-state index contributed by atoms with van der Waals surface area (Å²) in [6.45, 7) is 0. The molecule has 0 spiro atoms. The minimum absolute atomic E-state index is 0. The molecule has 0 radical (unpaired) electrons. The van der Waals surface area contributed by atoms with Gasteiger partial charge in [0.25, 0.3) is 0 Å². The SMILES string of the molecule is Cl.Nc1ccc(Oc2ccoc(=O)c2)c2ccccc12. The van der Waals surface area contributed by atoms with E-state index < -0.39 is 5.63 Å². The fourth-order valence-electron chi connectivity index (χ4n) is 1.94. The molecular weight excluding hydrogens is 278 g/mol. The van der Waals surface area contributed by atoms with E-state index in [1.807, 2.05) is 24.3 Å². The number of nitrogen functional groups attached to an aromatic ring is 1. The fourth-order valence-corrected chi connectivity index (χ4v) is 1.94. The molecule has 0 bridgehead atoms. The lowest BCUT2D eigenvalue weighted by atomic mass is 10.1. The Labute approximate surface area is 121 Å². The zero-order valence-electron chi connectivity index (χ0n) is 10.4. The maximum Gasteiger partial charge on any atom is 0.339 e. The molecule has 0 atom stereocenters. The van der Waals surface area contributed by atoms with Crippen LogP contribution < -0.4 is 16.1 Å². The normalized spacial score (nSPS) is 10.0. The highest BCUT2D eigenvalue weighted by molar-refractivity contribution is 5.97. The molecule has 1 aromatic heterocycles. The van der Waals surface area contributed by atoms with Gasteiger partial charge in [-0.3, -0.25) is 0 Å². The molecule has 0 saturated carbocycles. The highest BCUT2D eigenvalue weighted by Crippen LogP contribution is 2.32. The molecule has 0 aliphatic heterocycles. The number of ether oxygens (including phenoxy) is 1. The predicted octanol–water partition coefficient (Wildman–Crippen LogP) is 3.59. The quantitative estimate of drug-likeness (QED) is 0.732. The maximum absolute atomic E-state index is 11.1. The van der Waals surface area contributed by atoms with Crippen LogP contribution in [0.4, 0.5) is 5.69 Å². The number of hydrogen-bond donors (Lipinski definition) is 1. The molecular formula is C15H12ClNO3. The van der Waals surface area contributed by atoms with Crippen molar-refractivity contribution in [2.24, 2.45) is 0 Å². The Kier molecular flexibility index (Phi) is 3.96. The number of benzene rings is 2. The summed E-state index contributed by atoms with van der Waals surface area (Å²) in [4.78, 5) is 11.1. The van der Waals surface area contributed by atoms with Crippen molar-refractivity contribution in [1.82, 2.24) is 0 Å². The second-order valence-electron chi connectivity index (χ2n) is 4.09. The molecule has 0 aliphatic rings. The van der Waals surface area contributed by atoms with Gasteiger partial charge in [0.1, 0.15) is 11.5 Å². The summed E-state index contributed by atoms with van der Waals surface area (Å²) in [6, 6.07) is 14.1. The van der Waals surface area contributed by atoms with Gasteiger partial charge in [0.05, 0.1) is 12.3 Å². The molecule has 0 unspecified atom stereocenters. The van der Waals surface area contributed by atoms with Crippen LogP contribution in [0, 0.1) is 0 Å². The van der Waals surface area contributed by atoms with Gasteiger partial charge >= 0.3 is 5.63 Å². The second-order valence-corrected chi connectivity index (χ2v) is 4.09. The molecule has 0 fully saturated rings. The summed E-state index contributed by atoms with van der Waals surface area (Å²) >= 11 is 0. The van der Waals surface area contributed by atoms with Crippen LogP contribution in [-0.4, -0.2) is 0 Å². The van der Waals surface area contributed by atoms with Gasteiger partial charge in [-0.25, -0.2) is 4.79 Å². The van der Waals surface area contributed by atoms with Crippen LogP contribution >= 0.6 is 12.4 Å². The van der Waals surface area contributed by atoms with Crippen molar-refractivity contribution in [2.45, 2.75) is 0 Å². The zero-order chi connectivity index (χ0) is 13.2. The van der Waals surface area contributed by atoms with Crippen LogP contribution in [0.5, 0.6) is 11.5 Å². The Balaban J connectivity index is 0.00000147. The van der Waals surface area contributed by atoms with Gasteiger partial charge < -0.3 is 14.9 Å². The van der Waals surface area contributed by atoms with Crippen LogP contribution in [0.1, 0.15) is 0 Å². The van der Waals surface area contributed by atoms with Crippen molar-refractivity contribution < 1.29 is 9.15 Å². The summed E-state index contributed by atoms with van der Waals surface area (Å²) in [5, 5.41) is 1.82. The van der Waals surface area contributed by atoms with Crippen molar-refractivity contribution in [1.29, 1.82) is 0 Å². The van der Waals surface area contributed by atoms with E-state index in [-0.39, 0.29) is 12.4 Å². The van der Waals surface area contributed by atoms with Crippen LogP contribution in [0.15, 0.2) is 64.0 Å². The molecule has 1 heterocycles. The highest BCUT2D eigenvalue weighted by atomic mass is 35.5. The minimum atomic E-state index is -0.447. The van der Waals surface area contributed by atoms with E-state index in [2.05, 4.69) is 4.42 Å². The van der Waals surface area contributed by atoms with Crippen LogP contribution in [-0.2, 0) is 0 Å². The van der Waals surface area contributed by atoms with Crippen LogP contribution in [0.25, 0.3) is 10.8 Å². The van der Waals surface area contributed by atoms with Crippen LogP contribution in [0.3, 0.4) is 0 Å². The molecule has 2 aromatic carbocycles. The lowest BCUT2D eigenvalue weighted by Crippen LogP contribution is -1.96. The summed E-state index contributed by atoms with van der Waals surface area (Å²) in [5.74, 6) is 1.08. The number of rotatable bonds is 2. The van der Waals surface area contributed by atoms with Crippen LogP contribution in [0.2, 0.25) is 0 Å². The second kappa shape index (κ2) is 5.67. The lowest BCUT2D eigenvalue weighted by molar-refractivity contribution is 0.458. The first kappa shape index (κ1) is 14.0. The summed E-state index contributed by atoms with van der Waals surface area (Å²) in [6.07, 6.45) is 1.30. The molecule has 102 valence electrons. The first-order valence-corrected chi connectivity index (χ1v) is 5.78. The van der Waals surface area contributed by atoms with Gasteiger partial charge in [0.15, 0.2) is 0 Å². The average Bonchev–Trinajstić information content (AvgIpc) is 2.42. The number of nitrogens with two attached hydrogens (primary N) is 1. The van der Waals surface area contributed by atoms with Crippen molar-refractivity contribution in [2.75, 3.05) is 5.73 Å². The van der Waals surface area contributed by atoms with Gasteiger partial charge in [-0.05, 0) is 12.1 Å². The lowest BCUT2D eigenvalue weighted by Gasteiger charge is -2.09. The van der Waals surface area contributed by atoms with E-state index in [0.29, 0.717) is 17.2 Å². The number of hydrogen-bond acceptors (Lipinski definition) is 4. The Morgan fingerprint density at radius 1 is 1.00 bits per heavy atom. The van der Waals surface area contributed by atoms with E-state index in [9.17, 15) is 4.79 Å². The first-order valence-electron chi connectivity index (χ1n) is 5.78. The largest absolute Gasteiger partial charge is 0.456 e. The Morgan fingerprint density at radius 2 is 1.75 bits per heavy atom. The predicted molar refractivity (Wildman–Crippen MR) is 80.7 cm³/mol. The molecule has 0 amide bonds. The van der Waals surface area contributed by atoms with E-state index in [1.165, 1.54) is 12.3 Å². The van der Waals surface area contributed by atoms with Crippen molar-refractivity contribution in [3.8, 4) is 11.5 Å². The van der Waals surface area contributed by atoms with E-state index in [0.717, 1.165) is 10.8 Å². The van der Waals surface area contributed by atoms with Crippen molar-refractivity contribution >= 4 is 28.9 Å². The Bertz CT molecular complexity index is 798. The maximum atomic E-state index is 11.1. The van der Waals surface area contributed by atoms with E-state index in [4.69, 9.17) is 10.5 Å². The molecule has 5 heteroatoms. The highest BCUT2D eigenvalue weighted by Gasteiger charge is 2.06. The van der Waals surface area contributed by atoms with Crippen molar-refractivity contribution in [3.63, 3.8) is 0 Å². The molecule has 20 heavy (non-hydrogen) atoms. The molecule has 0 saturated heterocycles. The topological polar surface area (TPSA) is 65.5 Å². The average molecular weight is 290 g/mol. The smallest absolute Gasteiger partial charge is 0.339 e.